The van der Waals surface area contributed by atoms with E-state index in [1.165, 1.54) is 0 Å². The van der Waals surface area contributed by atoms with E-state index in [0.29, 0.717) is 11.7 Å². The zero-order valence-corrected chi connectivity index (χ0v) is 19.6. The summed E-state index contributed by atoms with van der Waals surface area (Å²) < 4.78 is 0. The van der Waals surface area contributed by atoms with Crippen LogP contribution in [0.5, 0.6) is 0 Å². The van der Waals surface area contributed by atoms with E-state index in [1.54, 1.807) is 0 Å². The summed E-state index contributed by atoms with van der Waals surface area (Å²) in [5, 5.41) is 0.249. The van der Waals surface area contributed by atoms with Gasteiger partial charge in [0.15, 0.2) is 0 Å². The smallest absolute Gasteiger partial charge is 0.0703 e. The van der Waals surface area contributed by atoms with Crippen LogP contribution in [0.15, 0.2) is 0 Å². The summed E-state index contributed by atoms with van der Waals surface area (Å²) in [5.74, 6) is 1.38. The van der Waals surface area contributed by atoms with Crippen LogP contribution >= 0.6 is 88.4 Å². The van der Waals surface area contributed by atoms with Gasteiger partial charge in [-0.3, -0.25) is 0 Å². The van der Waals surface area contributed by atoms with E-state index < -0.39 is 0 Å². The molecular weight excluding hydrogens is 403 g/mol. The molecule has 0 aliphatic carbocycles. The van der Waals surface area contributed by atoms with Crippen molar-refractivity contribution in [2.24, 2.45) is 11.8 Å². The molecule has 0 bridgehead atoms. The lowest BCUT2D eigenvalue weighted by Crippen LogP contribution is -2.43. The highest BCUT2D eigenvalue weighted by atomic mass is 32.1. The SMILES string of the molecule is [B]C(CC)C(C)C(S)C(C)C(S)C(S)C(S)C(S)C(S)CS. The maximum absolute atomic E-state index is 6.16. The quantitative estimate of drug-likeness (QED) is 0.194. The van der Waals surface area contributed by atoms with E-state index in [1.807, 2.05) is 0 Å². The van der Waals surface area contributed by atoms with Crippen molar-refractivity contribution in [1.29, 1.82) is 0 Å². The molecule has 0 N–H and O–H groups in total. The van der Waals surface area contributed by atoms with Gasteiger partial charge in [0.2, 0.25) is 0 Å². The first kappa shape index (κ1) is 24.5. The zero-order chi connectivity index (χ0) is 17.6. The minimum atomic E-state index is -0.0260. The van der Waals surface area contributed by atoms with Crippen molar-refractivity contribution in [3.05, 3.63) is 0 Å². The fourth-order valence-electron chi connectivity index (χ4n) is 2.36. The van der Waals surface area contributed by atoms with Crippen molar-refractivity contribution in [3.8, 4) is 0 Å². The average molecular weight is 433 g/mol. The average Bonchev–Trinajstić information content (AvgIpc) is 2.55. The molecule has 0 aromatic carbocycles. The van der Waals surface area contributed by atoms with Gasteiger partial charge in [0.25, 0.3) is 0 Å². The highest BCUT2D eigenvalue weighted by Crippen LogP contribution is 2.36. The van der Waals surface area contributed by atoms with Crippen LogP contribution in [0, 0.1) is 11.8 Å². The molecule has 0 aliphatic heterocycles. The van der Waals surface area contributed by atoms with Crippen LogP contribution in [0.4, 0.5) is 0 Å². The van der Waals surface area contributed by atoms with Crippen molar-refractivity contribution < 1.29 is 0 Å². The third kappa shape index (κ3) is 7.03. The Balaban J connectivity index is 4.82. The van der Waals surface area contributed by atoms with Gasteiger partial charge in [-0.05, 0) is 11.8 Å². The Morgan fingerprint density at radius 2 is 1.18 bits per heavy atom. The molecule has 0 aromatic rings. The molecule has 0 aliphatic rings. The van der Waals surface area contributed by atoms with Gasteiger partial charge in [-0.15, -0.1) is 0 Å². The highest BCUT2D eigenvalue weighted by molar-refractivity contribution is 7.90. The van der Waals surface area contributed by atoms with Crippen LogP contribution < -0.4 is 0 Å². The normalized spacial score (nSPS) is 24.6. The number of hydrogen-bond donors (Lipinski definition) is 7. The maximum atomic E-state index is 6.16. The number of rotatable bonds is 10. The van der Waals surface area contributed by atoms with Crippen molar-refractivity contribution in [2.75, 3.05) is 5.75 Å². The molecule has 22 heavy (non-hydrogen) atoms. The van der Waals surface area contributed by atoms with Crippen molar-refractivity contribution in [1.82, 2.24) is 0 Å². The van der Waals surface area contributed by atoms with E-state index in [-0.39, 0.29) is 43.2 Å². The lowest BCUT2D eigenvalue weighted by molar-refractivity contribution is 0.396. The van der Waals surface area contributed by atoms with E-state index in [9.17, 15) is 0 Å². The lowest BCUT2D eigenvalue weighted by atomic mass is 9.71. The minimum Gasteiger partial charge on any atom is -0.178 e. The molecule has 0 amide bonds. The van der Waals surface area contributed by atoms with Gasteiger partial charge in [0, 0.05) is 37.3 Å². The van der Waals surface area contributed by atoms with Crippen LogP contribution in [0.3, 0.4) is 0 Å². The molecule has 0 heterocycles. The third-order valence-electron chi connectivity index (χ3n) is 4.39. The summed E-state index contributed by atoms with van der Waals surface area (Å²) in [6.07, 6.45) is 0.948. The van der Waals surface area contributed by atoms with Crippen molar-refractivity contribution in [2.45, 2.75) is 64.5 Å². The van der Waals surface area contributed by atoms with Gasteiger partial charge < -0.3 is 0 Å². The summed E-state index contributed by atoms with van der Waals surface area (Å²) in [6.45, 7) is 6.41. The topological polar surface area (TPSA) is 0 Å². The fraction of sp³-hybridized carbons (Fsp3) is 1.00. The summed E-state index contributed by atoms with van der Waals surface area (Å²) in [7, 11) is 6.16. The predicted octanol–water partition coefficient (Wildman–Crippen LogP) is 4.35. The zero-order valence-electron chi connectivity index (χ0n) is 13.3. The van der Waals surface area contributed by atoms with E-state index in [2.05, 4.69) is 58.7 Å². The Labute approximate surface area is 177 Å². The predicted molar refractivity (Wildman–Crippen MR) is 129 cm³/mol. The Kier molecular flexibility index (Phi) is 13.4. The first-order valence-corrected chi connectivity index (χ1v) is 11.3. The summed E-state index contributed by atoms with van der Waals surface area (Å²) in [5.41, 5.74) is 0. The second-order valence-electron chi connectivity index (χ2n) is 5.99. The number of thiol groups is 7. The molecule has 0 saturated heterocycles. The second kappa shape index (κ2) is 12.0. The van der Waals surface area contributed by atoms with Gasteiger partial charge in [0.05, 0.1) is 7.85 Å². The molecule has 2 radical (unpaired) electrons. The first-order valence-electron chi connectivity index (χ1n) is 7.54. The van der Waals surface area contributed by atoms with Crippen molar-refractivity contribution >= 4 is 96.2 Å². The lowest BCUT2D eigenvalue weighted by Gasteiger charge is -2.37. The van der Waals surface area contributed by atoms with Crippen LogP contribution in [-0.4, -0.2) is 45.1 Å². The fourth-order valence-corrected chi connectivity index (χ4v) is 5.40. The van der Waals surface area contributed by atoms with Gasteiger partial charge in [-0.1, -0.05) is 33.0 Å². The molecule has 0 nitrogen and oxygen atoms in total. The molecular formula is C14H29BS7. The second-order valence-corrected chi connectivity index (χ2v) is 10.0. The summed E-state index contributed by atoms with van der Waals surface area (Å²) >= 11 is 32.4. The highest BCUT2D eigenvalue weighted by Gasteiger charge is 2.35. The molecule has 0 aromatic heterocycles. The summed E-state index contributed by atoms with van der Waals surface area (Å²) in [6, 6.07) is 0. The third-order valence-corrected chi connectivity index (χ3v) is 10.2. The van der Waals surface area contributed by atoms with E-state index >= 15 is 0 Å². The molecule has 130 valence electrons. The van der Waals surface area contributed by atoms with Gasteiger partial charge in [-0.2, -0.15) is 88.4 Å². The van der Waals surface area contributed by atoms with Crippen LogP contribution in [0.25, 0.3) is 0 Å². The van der Waals surface area contributed by atoms with Crippen molar-refractivity contribution in [3.63, 3.8) is 0 Å². The standard InChI is InChI=1S/C14H29BS7/c1-4-8(15)6(2)10(18)7(3)11(19)13(21)14(22)12(20)9(17)5-16/h6-14,16-22H,4-5H2,1-3H3. The number of hydrogen-bond acceptors (Lipinski definition) is 7. The maximum Gasteiger partial charge on any atom is 0.0703 e. The van der Waals surface area contributed by atoms with E-state index in [4.69, 9.17) is 58.4 Å². The molecule has 0 spiro atoms. The Morgan fingerprint density at radius 3 is 1.59 bits per heavy atom. The minimum absolute atomic E-state index is 0.00204. The monoisotopic (exact) mass is 432 g/mol. The Morgan fingerprint density at radius 1 is 0.727 bits per heavy atom. The Hall–Kier alpha value is 2.51. The van der Waals surface area contributed by atoms with E-state index in [0.717, 1.165) is 6.42 Å². The molecule has 9 unspecified atom stereocenters. The van der Waals surface area contributed by atoms with Crippen LogP contribution in [-0.2, 0) is 0 Å². The first-order chi connectivity index (χ1) is 10.1. The van der Waals surface area contributed by atoms with Crippen LogP contribution in [0.2, 0.25) is 5.82 Å². The summed E-state index contributed by atoms with van der Waals surface area (Å²) in [4.78, 5) is 0. The molecule has 8 heteroatoms. The molecule has 0 fully saturated rings. The largest absolute Gasteiger partial charge is 0.178 e. The van der Waals surface area contributed by atoms with Gasteiger partial charge in [0.1, 0.15) is 0 Å². The van der Waals surface area contributed by atoms with Gasteiger partial charge in [-0.25, -0.2) is 0 Å². The Bertz CT molecular complexity index is 279. The van der Waals surface area contributed by atoms with Gasteiger partial charge >= 0.3 is 0 Å². The van der Waals surface area contributed by atoms with Crippen LogP contribution in [0.1, 0.15) is 27.2 Å². The molecule has 0 saturated carbocycles. The molecule has 0 rings (SSSR count). The molecule has 9 atom stereocenters.